The number of nitrogens with zero attached hydrogens (tertiary/aromatic N) is 2. The third kappa shape index (κ3) is 6.18. The molecule has 1 aromatic carbocycles. The van der Waals surface area contributed by atoms with Crippen molar-refractivity contribution < 1.29 is 14.3 Å². The van der Waals surface area contributed by atoms with Crippen LogP contribution >= 0.6 is 0 Å². The Kier molecular flexibility index (Phi) is 7.95. The minimum absolute atomic E-state index is 0.0929. The molecule has 0 unspecified atom stereocenters. The summed E-state index contributed by atoms with van der Waals surface area (Å²) in [5.41, 5.74) is 1.27. The standard InChI is InChI=1S/C20H30N2O3/c1-4-5-15-25-17(2)20(23)22-12-6-11-21(13-14-22)16-18-7-9-19(24-3)10-8-18/h4,7-10,17H,1,5-6,11-16H2,2-3H3/t17-/m0/s1. The van der Waals surface area contributed by atoms with Gasteiger partial charge in [0.1, 0.15) is 11.9 Å². The van der Waals surface area contributed by atoms with Gasteiger partial charge in [-0.05, 0) is 37.5 Å². The maximum absolute atomic E-state index is 12.5. The van der Waals surface area contributed by atoms with E-state index in [2.05, 4.69) is 23.6 Å². The Morgan fingerprint density at radius 2 is 2.00 bits per heavy atom. The van der Waals surface area contributed by atoms with Gasteiger partial charge < -0.3 is 14.4 Å². The number of benzene rings is 1. The van der Waals surface area contributed by atoms with Crippen molar-refractivity contribution in [3.63, 3.8) is 0 Å². The third-order valence-corrected chi connectivity index (χ3v) is 4.50. The van der Waals surface area contributed by atoms with Gasteiger partial charge in [-0.2, -0.15) is 0 Å². The van der Waals surface area contributed by atoms with E-state index in [1.54, 1.807) is 13.2 Å². The van der Waals surface area contributed by atoms with Crippen molar-refractivity contribution in [2.24, 2.45) is 0 Å². The summed E-state index contributed by atoms with van der Waals surface area (Å²) in [5.74, 6) is 0.970. The van der Waals surface area contributed by atoms with Gasteiger partial charge in [-0.15, -0.1) is 6.58 Å². The van der Waals surface area contributed by atoms with Gasteiger partial charge in [-0.25, -0.2) is 0 Å². The van der Waals surface area contributed by atoms with Crippen LogP contribution in [0, 0.1) is 0 Å². The SMILES string of the molecule is C=CCCO[C@@H](C)C(=O)N1CCCN(Cc2ccc(OC)cc2)CC1. The van der Waals surface area contributed by atoms with Crippen LogP contribution < -0.4 is 4.74 Å². The first-order valence-corrected chi connectivity index (χ1v) is 9.00. The number of ether oxygens (including phenoxy) is 2. The molecule has 1 saturated heterocycles. The molecule has 1 fully saturated rings. The lowest BCUT2D eigenvalue weighted by atomic mass is 10.2. The highest BCUT2D eigenvalue weighted by Gasteiger charge is 2.23. The first-order valence-electron chi connectivity index (χ1n) is 9.00. The maximum Gasteiger partial charge on any atom is 0.251 e. The molecule has 138 valence electrons. The zero-order valence-electron chi connectivity index (χ0n) is 15.4. The summed E-state index contributed by atoms with van der Waals surface area (Å²) < 4.78 is 10.8. The van der Waals surface area contributed by atoms with Crippen molar-refractivity contribution in [1.29, 1.82) is 0 Å². The molecule has 1 heterocycles. The maximum atomic E-state index is 12.5. The third-order valence-electron chi connectivity index (χ3n) is 4.50. The number of hydrogen-bond donors (Lipinski definition) is 0. The first-order chi connectivity index (χ1) is 12.1. The Morgan fingerprint density at radius 1 is 1.24 bits per heavy atom. The molecule has 5 heteroatoms. The fraction of sp³-hybridized carbons (Fsp3) is 0.550. The molecule has 0 spiro atoms. The van der Waals surface area contributed by atoms with Crippen molar-refractivity contribution in [1.82, 2.24) is 9.80 Å². The van der Waals surface area contributed by atoms with Crippen LogP contribution in [-0.4, -0.2) is 61.7 Å². The monoisotopic (exact) mass is 346 g/mol. The number of hydrogen-bond acceptors (Lipinski definition) is 4. The minimum Gasteiger partial charge on any atom is -0.497 e. The minimum atomic E-state index is -0.381. The summed E-state index contributed by atoms with van der Waals surface area (Å²) >= 11 is 0. The van der Waals surface area contributed by atoms with Gasteiger partial charge >= 0.3 is 0 Å². The van der Waals surface area contributed by atoms with Crippen LogP contribution in [0.25, 0.3) is 0 Å². The zero-order valence-corrected chi connectivity index (χ0v) is 15.4. The summed E-state index contributed by atoms with van der Waals surface area (Å²) in [6.07, 6.45) is 3.18. The van der Waals surface area contributed by atoms with Crippen molar-refractivity contribution in [2.45, 2.75) is 32.4 Å². The molecule has 1 amide bonds. The largest absolute Gasteiger partial charge is 0.497 e. The lowest BCUT2D eigenvalue weighted by molar-refractivity contribution is -0.142. The Hall–Kier alpha value is -1.85. The van der Waals surface area contributed by atoms with Crippen LogP contribution in [0.1, 0.15) is 25.3 Å². The highest BCUT2D eigenvalue weighted by Crippen LogP contribution is 2.14. The summed E-state index contributed by atoms with van der Waals surface area (Å²) in [6, 6.07) is 8.18. The fourth-order valence-electron chi connectivity index (χ4n) is 3.00. The highest BCUT2D eigenvalue weighted by atomic mass is 16.5. The Bertz CT molecular complexity index is 544. The summed E-state index contributed by atoms with van der Waals surface area (Å²) in [7, 11) is 1.68. The Labute approximate surface area is 151 Å². The molecule has 5 nitrogen and oxygen atoms in total. The number of carbonyl (C=O) groups is 1. The lowest BCUT2D eigenvalue weighted by Gasteiger charge is -2.25. The lowest BCUT2D eigenvalue weighted by Crippen LogP contribution is -2.41. The predicted molar refractivity (Wildman–Crippen MR) is 99.7 cm³/mol. The average molecular weight is 346 g/mol. The topological polar surface area (TPSA) is 42.0 Å². The van der Waals surface area contributed by atoms with Crippen LogP contribution in [0.5, 0.6) is 5.75 Å². The van der Waals surface area contributed by atoms with E-state index in [9.17, 15) is 4.79 Å². The van der Waals surface area contributed by atoms with Crippen LogP contribution in [0.2, 0.25) is 0 Å². The second-order valence-corrected chi connectivity index (χ2v) is 6.39. The van der Waals surface area contributed by atoms with Crippen LogP contribution in [0.4, 0.5) is 0 Å². The van der Waals surface area contributed by atoms with Crippen molar-refractivity contribution >= 4 is 5.91 Å². The van der Waals surface area contributed by atoms with E-state index in [-0.39, 0.29) is 12.0 Å². The van der Waals surface area contributed by atoms with Gasteiger partial charge in [0.25, 0.3) is 5.91 Å². The van der Waals surface area contributed by atoms with Crippen molar-refractivity contribution in [3.05, 3.63) is 42.5 Å². The first kappa shape index (κ1) is 19.5. The molecule has 0 N–H and O–H groups in total. The molecule has 1 aromatic rings. The van der Waals surface area contributed by atoms with E-state index < -0.39 is 0 Å². The van der Waals surface area contributed by atoms with Gasteiger partial charge in [0.2, 0.25) is 0 Å². The average Bonchev–Trinajstić information content (AvgIpc) is 2.87. The van der Waals surface area contributed by atoms with Gasteiger partial charge in [-0.1, -0.05) is 18.2 Å². The summed E-state index contributed by atoms with van der Waals surface area (Å²) in [5, 5.41) is 0. The molecule has 1 aliphatic heterocycles. The second-order valence-electron chi connectivity index (χ2n) is 6.39. The van der Waals surface area contributed by atoms with Gasteiger partial charge in [0, 0.05) is 32.7 Å². The van der Waals surface area contributed by atoms with E-state index >= 15 is 0 Å². The van der Waals surface area contributed by atoms with E-state index in [4.69, 9.17) is 9.47 Å². The predicted octanol–water partition coefficient (Wildman–Crippen LogP) is 2.71. The van der Waals surface area contributed by atoms with Crippen molar-refractivity contribution in [2.75, 3.05) is 39.9 Å². The molecule has 1 atom stereocenters. The number of carbonyl (C=O) groups excluding carboxylic acids is 1. The summed E-state index contributed by atoms with van der Waals surface area (Å²) in [6.45, 7) is 10.4. The van der Waals surface area contributed by atoms with Gasteiger partial charge in [0.05, 0.1) is 13.7 Å². The zero-order chi connectivity index (χ0) is 18.1. The number of amides is 1. The Balaban J connectivity index is 1.82. The highest BCUT2D eigenvalue weighted by molar-refractivity contribution is 5.80. The van der Waals surface area contributed by atoms with Gasteiger partial charge in [-0.3, -0.25) is 9.69 Å². The second kappa shape index (κ2) is 10.2. The normalized spacial score (nSPS) is 17.0. The molecule has 0 aromatic heterocycles. The van der Waals surface area contributed by atoms with Crippen LogP contribution in [0.3, 0.4) is 0 Å². The van der Waals surface area contributed by atoms with E-state index in [0.717, 1.165) is 51.3 Å². The van der Waals surface area contributed by atoms with E-state index in [0.29, 0.717) is 6.61 Å². The molecule has 0 saturated carbocycles. The molecule has 0 bridgehead atoms. The molecule has 0 aliphatic carbocycles. The van der Waals surface area contributed by atoms with Crippen LogP contribution in [-0.2, 0) is 16.1 Å². The molecular weight excluding hydrogens is 316 g/mol. The molecule has 25 heavy (non-hydrogen) atoms. The molecule has 0 radical (unpaired) electrons. The van der Waals surface area contributed by atoms with Gasteiger partial charge in [0.15, 0.2) is 0 Å². The number of rotatable bonds is 8. The quantitative estimate of drug-likeness (QED) is 0.536. The molecular formula is C20H30N2O3. The van der Waals surface area contributed by atoms with E-state index in [1.807, 2.05) is 24.0 Å². The van der Waals surface area contributed by atoms with Crippen LogP contribution in [0.15, 0.2) is 36.9 Å². The molecule has 1 aliphatic rings. The fourth-order valence-corrected chi connectivity index (χ4v) is 3.00. The van der Waals surface area contributed by atoms with Crippen molar-refractivity contribution in [3.8, 4) is 5.75 Å². The Morgan fingerprint density at radius 3 is 2.68 bits per heavy atom. The smallest absolute Gasteiger partial charge is 0.251 e. The summed E-state index contributed by atoms with van der Waals surface area (Å²) in [4.78, 5) is 16.9. The van der Waals surface area contributed by atoms with E-state index in [1.165, 1.54) is 5.56 Å². The molecule has 2 rings (SSSR count). The number of methoxy groups -OCH3 is 1.